The van der Waals surface area contributed by atoms with Crippen LogP contribution >= 0.6 is 0 Å². The molecule has 1 aliphatic rings. The van der Waals surface area contributed by atoms with Crippen LogP contribution in [0.1, 0.15) is 95.0 Å². The fourth-order valence-electron chi connectivity index (χ4n) is 3.65. The van der Waals surface area contributed by atoms with Crippen LogP contribution in [0.5, 0.6) is 5.75 Å². The number of unbranched alkanes of at least 4 members (excludes halogenated alkanes) is 4. The molecule has 0 amide bonds. The molecule has 0 atom stereocenters. The summed E-state index contributed by atoms with van der Waals surface area (Å²) in [5.41, 5.74) is 3.74. The second kappa shape index (κ2) is 13.8. The highest BCUT2D eigenvalue weighted by Crippen LogP contribution is 2.40. The summed E-state index contributed by atoms with van der Waals surface area (Å²) < 4.78 is 0. The van der Waals surface area contributed by atoms with E-state index in [0.29, 0.717) is 34.8 Å². The number of carbonyl (C=O) groups excluding carboxylic acids is 1. The number of anilines is 2. The van der Waals surface area contributed by atoms with E-state index in [1.165, 1.54) is 0 Å². The summed E-state index contributed by atoms with van der Waals surface area (Å²) in [5.74, 6) is 0.0320. The molecule has 0 radical (unpaired) electrons. The zero-order chi connectivity index (χ0) is 23.3. The van der Waals surface area contributed by atoms with Crippen molar-refractivity contribution in [3.63, 3.8) is 0 Å². The van der Waals surface area contributed by atoms with Gasteiger partial charge in [-0.25, -0.2) is 0 Å². The highest BCUT2D eigenvalue weighted by molar-refractivity contribution is 6.29. The van der Waals surface area contributed by atoms with Gasteiger partial charge in [-0.15, -0.1) is 0 Å². The number of hydrogen-bond acceptors (Lipinski definition) is 6. The van der Waals surface area contributed by atoms with E-state index in [4.69, 9.17) is 4.99 Å². The largest absolute Gasteiger partial charge is 0.505 e. The average molecular weight is 443 g/mol. The molecular weight excluding hydrogens is 400 g/mol. The lowest BCUT2D eigenvalue weighted by molar-refractivity contribution is 0.102. The quantitative estimate of drug-likeness (QED) is 0.155. The number of allylic oxidation sites excluding steroid dienone is 2. The third-order valence-electron chi connectivity index (χ3n) is 5.64. The lowest BCUT2D eigenvalue weighted by Crippen LogP contribution is -2.29. The molecule has 4 N–H and O–H groups in total. The van der Waals surface area contributed by atoms with Gasteiger partial charge in [0.1, 0.15) is 5.75 Å². The second-order valence-electron chi connectivity index (χ2n) is 8.42. The predicted octanol–water partition coefficient (Wildman–Crippen LogP) is 5.88. The van der Waals surface area contributed by atoms with E-state index in [2.05, 4.69) is 43.6 Å². The van der Waals surface area contributed by atoms with Crippen molar-refractivity contribution in [2.75, 3.05) is 36.8 Å². The Morgan fingerprint density at radius 2 is 1.34 bits per heavy atom. The average Bonchev–Trinajstić information content (AvgIpc) is 2.78. The van der Waals surface area contributed by atoms with Crippen LogP contribution < -0.4 is 16.0 Å². The number of benzene rings is 1. The molecule has 0 saturated carbocycles. The highest BCUT2D eigenvalue weighted by Gasteiger charge is 2.31. The molecule has 32 heavy (non-hydrogen) atoms. The van der Waals surface area contributed by atoms with Gasteiger partial charge in [0.2, 0.25) is 5.78 Å². The molecule has 0 spiro atoms. The normalized spacial score (nSPS) is 14.3. The van der Waals surface area contributed by atoms with Crippen LogP contribution in [0.25, 0.3) is 0 Å². The van der Waals surface area contributed by atoms with Crippen LogP contribution in [-0.4, -0.2) is 42.8 Å². The van der Waals surface area contributed by atoms with E-state index >= 15 is 0 Å². The minimum atomic E-state index is -0.0834. The molecule has 0 aromatic heterocycles. The first-order valence-electron chi connectivity index (χ1n) is 12.5. The van der Waals surface area contributed by atoms with E-state index in [1.54, 1.807) is 0 Å². The minimum Gasteiger partial charge on any atom is -0.505 e. The summed E-state index contributed by atoms with van der Waals surface area (Å²) >= 11 is 0. The van der Waals surface area contributed by atoms with Crippen molar-refractivity contribution >= 4 is 22.9 Å². The number of ketones is 1. The van der Waals surface area contributed by atoms with Gasteiger partial charge in [0, 0.05) is 31.9 Å². The van der Waals surface area contributed by atoms with E-state index in [0.717, 1.165) is 76.7 Å². The third kappa shape index (κ3) is 6.75. The maximum Gasteiger partial charge on any atom is 0.211 e. The lowest BCUT2D eigenvalue weighted by Gasteiger charge is -2.25. The summed E-state index contributed by atoms with van der Waals surface area (Å²) in [6.45, 7) is 11.5. The van der Waals surface area contributed by atoms with Gasteiger partial charge in [-0.3, -0.25) is 9.79 Å². The van der Waals surface area contributed by atoms with E-state index in [9.17, 15) is 9.90 Å². The SMILES string of the molecule is CCCCN=C1C=C(NCCCC)C(=O)c2c(NCCCC)cc(NCCCC)c(O)c21. The number of phenolic OH excluding ortho intramolecular Hbond substituents is 1. The zero-order valence-electron chi connectivity index (χ0n) is 20.4. The molecule has 6 heteroatoms. The van der Waals surface area contributed by atoms with Crippen molar-refractivity contribution in [1.29, 1.82) is 0 Å². The molecule has 0 fully saturated rings. The molecule has 6 nitrogen and oxygen atoms in total. The Labute approximate surface area is 194 Å². The molecule has 0 aliphatic heterocycles. The Balaban J connectivity index is 2.56. The molecule has 2 rings (SSSR count). The Morgan fingerprint density at radius 1 is 0.781 bits per heavy atom. The number of carbonyl (C=O) groups is 1. The zero-order valence-corrected chi connectivity index (χ0v) is 20.4. The first-order chi connectivity index (χ1) is 15.6. The molecule has 1 aliphatic carbocycles. The van der Waals surface area contributed by atoms with Gasteiger partial charge < -0.3 is 21.1 Å². The summed E-state index contributed by atoms with van der Waals surface area (Å²) in [5, 5.41) is 21.3. The standard InChI is InChI=1S/C26H42N4O2/c1-5-9-13-27-19-17-21(29-15-11-7-3)26(32)24-20(28-14-10-6-2)18-22(25(31)23(19)24)30-16-12-8-4/h17-18,27,29-30,32H,5-16H2,1-4H3. The molecular formula is C26H42N4O2. The summed E-state index contributed by atoms with van der Waals surface area (Å²) in [6.07, 6.45) is 10.0. The monoisotopic (exact) mass is 442 g/mol. The van der Waals surface area contributed by atoms with Crippen molar-refractivity contribution in [3.05, 3.63) is 29.0 Å². The Morgan fingerprint density at radius 3 is 1.94 bits per heavy atom. The Kier molecular flexibility index (Phi) is 11.1. The molecule has 0 unspecified atom stereocenters. The number of aromatic hydroxyl groups is 1. The van der Waals surface area contributed by atoms with Gasteiger partial charge in [0.05, 0.1) is 28.2 Å². The number of hydrogen-bond donors (Lipinski definition) is 4. The number of Topliss-reactive ketones (excluding diaryl/α,β-unsaturated/α-hetero) is 1. The van der Waals surface area contributed by atoms with Gasteiger partial charge in [-0.2, -0.15) is 0 Å². The van der Waals surface area contributed by atoms with Crippen LogP contribution in [0.4, 0.5) is 11.4 Å². The molecule has 0 bridgehead atoms. The summed E-state index contributed by atoms with van der Waals surface area (Å²) in [7, 11) is 0. The predicted molar refractivity (Wildman–Crippen MR) is 137 cm³/mol. The van der Waals surface area contributed by atoms with Gasteiger partial charge in [-0.1, -0.05) is 53.4 Å². The molecule has 1 aromatic rings. The summed E-state index contributed by atoms with van der Waals surface area (Å²) in [4.78, 5) is 18.3. The fraction of sp³-hybridized carbons (Fsp3) is 0.615. The third-order valence-corrected chi connectivity index (χ3v) is 5.64. The van der Waals surface area contributed by atoms with Crippen LogP contribution in [0, 0.1) is 0 Å². The van der Waals surface area contributed by atoms with Crippen molar-refractivity contribution in [3.8, 4) is 5.75 Å². The summed E-state index contributed by atoms with van der Waals surface area (Å²) in [6, 6.07) is 1.88. The number of nitrogens with one attached hydrogen (secondary N) is 3. The number of nitrogens with zero attached hydrogens (tertiary/aromatic N) is 1. The van der Waals surface area contributed by atoms with Gasteiger partial charge in [0.15, 0.2) is 0 Å². The van der Waals surface area contributed by atoms with Crippen molar-refractivity contribution < 1.29 is 9.90 Å². The molecule has 178 valence electrons. The minimum absolute atomic E-state index is 0.0834. The van der Waals surface area contributed by atoms with E-state index in [-0.39, 0.29) is 11.5 Å². The van der Waals surface area contributed by atoms with Crippen molar-refractivity contribution in [2.45, 2.75) is 79.1 Å². The van der Waals surface area contributed by atoms with Gasteiger partial charge >= 0.3 is 0 Å². The van der Waals surface area contributed by atoms with Crippen LogP contribution in [0.3, 0.4) is 0 Å². The Bertz CT molecular complexity index is 815. The van der Waals surface area contributed by atoms with Crippen LogP contribution in [-0.2, 0) is 0 Å². The lowest BCUT2D eigenvalue weighted by atomic mass is 9.88. The maximum absolute atomic E-state index is 13.5. The topological polar surface area (TPSA) is 85.8 Å². The second-order valence-corrected chi connectivity index (χ2v) is 8.42. The first kappa shape index (κ1) is 25.8. The van der Waals surface area contributed by atoms with Crippen LogP contribution in [0.15, 0.2) is 22.8 Å². The number of aliphatic imine (C=N–C) groups is 1. The van der Waals surface area contributed by atoms with Gasteiger partial charge in [0.25, 0.3) is 0 Å². The van der Waals surface area contributed by atoms with Crippen molar-refractivity contribution in [1.82, 2.24) is 5.32 Å². The number of fused-ring (bicyclic) bond motifs is 1. The number of rotatable bonds is 15. The van der Waals surface area contributed by atoms with E-state index < -0.39 is 0 Å². The Hall–Kier alpha value is -2.50. The molecule has 0 heterocycles. The molecule has 1 aromatic carbocycles. The molecule has 0 saturated heterocycles. The smallest absolute Gasteiger partial charge is 0.211 e. The van der Waals surface area contributed by atoms with Gasteiger partial charge in [-0.05, 0) is 37.8 Å². The van der Waals surface area contributed by atoms with E-state index in [1.807, 2.05) is 12.1 Å². The van der Waals surface area contributed by atoms with Crippen LogP contribution in [0.2, 0.25) is 0 Å². The first-order valence-corrected chi connectivity index (χ1v) is 12.5. The fourth-order valence-corrected chi connectivity index (χ4v) is 3.65. The van der Waals surface area contributed by atoms with Crippen molar-refractivity contribution in [2.24, 2.45) is 4.99 Å². The maximum atomic E-state index is 13.5. The number of phenols is 1. The highest BCUT2D eigenvalue weighted by atomic mass is 16.3.